The fourth-order valence-corrected chi connectivity index (χ4v) is 3.18. The Kier molecular flexibility index (Phi) is 5.85. The maximum absolute atomic E-state index is 12.6. The molecular formula is C18H29N3O2. The van der Waals surface area contributed by atoms with Crippen LogP contribution in [0.3, 0.4) is 0 Å². The van der Waals surface area contributed by atoms with Crippen molar-refractivity contribution in [2.75, 3.05) is 26.2 Å². The monoisotopic (exact) mass is 319 g/mol. The Morgan fingerprint density at radius 2 is 1.65 bits per heavy atom. The number of hydrogen-bond acceptors (Lipinski definition) is 2. The number of rotatable bonds is 4. The Hall–Kier alpha value is -1.78. The highest BCUT2D eigenvalue weighted by molar-refractivity contribution is 5.79. The molecule has 0 saturated carbocycles. The first-order valence-electron chi connectivity index (χ1n) is 8.61. The third kappa shape index (κ3) is 4.15. The Labute approximate surface area is 139 Å². The first kappa shape index (κ1) is 17.6. The Balaban J connectivity index is 1.95. The van der Waals surface area contributed by atoms with E-state index in [1.165, 1.54) is 5.69 Å². The summed E-state index contributed by atoms with van der Waals surface area (Å²) in [6, 6.07) is 2.10. The van der Waals surface area contributed by atoms with Gasteiger partial charge in [-0.05, 0) is 38.3 Å². The van der Waals surface area contributed by atoms with Crippen molar-refractivity contribution >= 4 is 11.8 Å². The third-order valence-electron chi connectivity index (χ3n) is 4.89. The second-order valence-electron chi connectivity index (χ2n) is 6.50. The van der Waals surface area contributed by atoms with Crippen LogP contribution < -0.4 is 0 Å². The zero-order chi connectivity index (χ0) is 17.0. The van der Waals surface area contributed by atoms with Crippen LogP contribution in [-0.2, 0) is 23.1 Å². The molecule has 1 saturated heterocycles. The van der Waals surface area contributed by atoms with Gasteiger partial charge in [-0.1, -0.05) is 6.92 Å². The summed E-state index contributed by atoms with van der Waals surface area (Å²) in [6.45, 7) is 8.98. The van der Waals surface area contributed by atoms with Crippen molar-refractivity contribution in [1.29, 1.82) is 0 Å². The molecule has 0 aliphatic carbocycles. The molecule has 1 aliphatic heterocycles. The fraction of sp³-hybridized carbons (Fsp3) is 0.667. The smallest absolute Gasteiger partial charge is 0.227 e. The van der Waals surface area contributed by atoms with E-state index in [9.17, 15) is 9.59 Å². The molecule has 1 aromatic heterocycles. The van der Waals surface area contributed by atoms with Gasteiger partial charge in [-0.15, -0.1) is 0 Å². The van der Waals surface area contributed by atoms with E-state index in [4.69, 9.17) is 0 Å². The minimum absolute atomic E-state index is 0.170. The summed E-state index contributed by atoms with van der Waals surface area (Å²) in [4.78, 5) is 28.5. The zero-order valence-electron chi connectivity index (χ0n) is 14.9. The fourth-order valence-electron chi connectivity index (χ4n) is 3.18. The van der Waals surface area contributed by atoms with Crippen LogP contribution in [-0.4, -0.2) is 52.4 Å². The van der Waals surface area contributed by atoms with Crippen LogP contribution in [0.25, 0.3) is 0 Å². The van der Waals surface area contributed by atoms with E-state index in [1.54, 1.807) is 0 Å². The number of carbonyl (C=O) groups excluding carboxylic acids is 2. The summed E-state index contributed by atoms with van der Waals surface area (Å²) < 4.78 is 2.12. The maximum atomic E-state index is 12.6. The number of carbonyl (C=O) groups is 2. The lowest BCUT2D eigenvalue weighted by Gasteiger charge is -2.22. The van der Waals surface area contributed by atoms with Gasteiger partial charge in [-0.2, -0.15) is 0 Å². The standard InChI is InChI=1S/C18H29N3O2/c1-5-7-17(22)20-8-6-9-21(11-10-20)18(23)13-16-12-14(2)19(4)15(16)3/h12H,5-11,13H2,1-4H3. The van der Waals surface area contributed by atoms with Crippen LogP contribution in [0.15, 0.2) is 6.07 Å². The molecule has 5 nitrogen and oxygen atoms in total. The van der Waals surface area contributed by atoms with Gasteiger partial charge in [0.1, 0.15) is 0 Å². The highest BCUT2D eigenvalue weighted by atomic mass is 16.2. The number of hydrogen-bond donors (Lipinski definition) is 0. The van der Waals surface area contributed by atoms with Gasteiger partial charge in [0, 0.05) is 51.0 Å². The number of aromatic nitrogens is 1. The Morgan fingerprint density at radius 3 is 2.17 bits per heavy atom. The molecule has 0 aromatic carbocycles. The van der Waals surface area contributed by atoms with Crippen LogP contribution in [0, 0.1) is 13.8 Å². The average molecular weight is 319 g/mol. The van der Waals surface area contributed by atoms with E-state index >= 15 is 0 Å². The summed E-state index contributed by atoms with van der Waals surface area (Å²) in [5.41, 5.74) is 3.45. The lowest BCUT2D eigenvalue weighted by Crippen LogP contribution is -2.37. The van der Waals surface area contributed by atoms with Crippen LogP contribution in [0.4, 0.5) is 0 Å². The molecule has 128 valence electrons. The minimum atomic E-state index is 0.170. The van der Waals surface area contributed by atoms with Gasteiger partial charge in [0.05, 0.1) is 6.42 Å². The van der Waals surface area contributed by atoms with E-state index in [0.29, 0.717) is 25.9 Å². The molecule has 0 atom stereocenters. The van der Waals surface area contributed by atoms with Crippen LogP contribution >= 0.6 is 0 Å². The van der Waals surface area contributed by atoms with E-state index in [-0.39, 0.29) is 11.8 Å². The molecule has 2 heterocycles. The molecule has 0 radical (unpaired) electrons. The highest BCUT2D eigenvalue weighted by Crippen LogP contribution is 2.15. The van der Waals surface area contributed by atoms with Crippen LogP contribution in [0.5, 0.6) is 0 Å². The molecular weight excluding hydrogens is 290 g/mol. The van der Waals surface area contributed by atoms with Crippen LogP contribution in [0.1, 0.15) is 43.1 Å². The molecule has 1 fully saturated rings. The molecule has 0 unspecified atom stereocenters. The normalized spacial score (nSPS) is 15.7. The second-order valence-corrected chi connectivity index (χ2v) is 6.50. The average Bonchev–Trinajstić information content (AvgIpc) is 2.74. The molecule has 1 aliphatic rings. The van der Waals surface area contributed by atoms with Gasteiger partial charge in [0.25, 0.3) is 0 Å². The van der Waals surface area contributed by atoms with Crippen molar-refractivity contribution in [2.45, 2.75) is 46.5 Å². The Bertz CT molecular complexity index is 577. The topological polar surface area (TPSA) is 45.6 Å². The van der Waals surface area contributed by atoms with Gasteiger partial charge in [0.15, 0.2) is 0 Å². The molecule has 0 bridgehead atoms. The number of aryl methyl sites for hydroxylation is 1. The first-order valence-corrected chi connectivity index (χ1v) is 8.61. The molecule has 5 heteroatoms. The second kappa shape index (κ2) is 7.66. The quantitative estimate of drug-likeness (QED) is 0.852. The van der Waals surface area contributed by atoms with E-state index in [0.717, 1.165) is 37.2 Å². The molecule has 2 amide bonds. The summed E-state index contributed by atoms with van der Waals surface area (Å²) in [7, 11) is 2.03. The van der Waals surface area contributed by atoms with Crippen molar-refractivity contribution in [2.24, 2.45) is 7.05 Å². The molecule has 23 heavy (non-hydrogen) atoms. The van der Waals surface area contributed by atoms with Gasteiger partial charge in [-0.25, -0.2) is 0 Å². The van der Waals surface area contributed by atoms with E-state index < -0.39 is 0 Å². The molecule has 1 aromatic rings. The van der Waals surface area contributed by atoms with Gasteiger partial charge in [0.2, 0.25) is 11.8 Å². The van der Waals surface area contributed by atoms with Crippen molar-refractivity contribution < 1.29 is 9.59 Å². The maximum Gasteiger partial charge on any atom is 0.227 e. The summed E-state index contributed by atoms with van der Waals surface area (Å²) in [5, 5.41) is 0. The molecule has 2 rings (SSSR count). The molecule has 0 spiro atoms. The van der Waals surface area contributed by atoms with Crippen molar-refractivity contribution in [3.8, 4) is 0 Å². The lowest BCUT2D eigenvalue weighted by atomic mass is 10.1. The number of nitrogens with zero attached hydrogens (tertiary/aromatic N) is 3. The van der Waals surface area contributed by atoms with Crippen LogP contribution in [0.2, 0.25) is 0 Å². The van der Waals surface area contributed by atoms with Gasteiger partial charge < -0.3 is 14.4 Å². The summed E-state index contributed by atoms with van der Waals surface area (Å²) in [6.07, 6.45) is 2.81. The van der Waals surface area contributed by atoms with E-state index in [2.05, 4.69) is 24.5 Å². The predicted octanol–water partition coefficient (Wildman–Crippen LogP) is 2.05. The lowest BCUT2D eigenvalue weighted by molar-refractivity contribution is -0.133. The first-order chi connectivity index (χ1) is 10.9. The SMILES string of the molecule is CCCC(=O)N1CCCN(C(=O)Cc2cc(C)n(C)c2C)CC1. The van der Waals surface area contributed by atoms with Crippen molar-refractivity contribution in [3.63, 3.8) is 0 Å². The molecule has 0 N–H and O–H groups in total. The zero-order valence-corrected chi connectivity index (χ0v) is 14.9. The number of amides is 2. The minimum Gasteiger partial charge on any atom is -0.352 e. The third-order valence-corrected chi connectivity index (χ3v) is 4.89. The highest BCUT2D eigenvalue weighted by Gasteiger charge is 2.22. The Morgan fingerprint density at radius 1 is 1.04 bits per heavy atom. The van der Waals surface area contributed by atoms with Crippen molar-refractivity contribution in [3.05, 3.63) is 23.0 Å². The van der Waals surface area contributed by atoms with Crippen molar-refractivity contribution in [1.82, 2.24) is 14.4 Å². The summed E-state index contributed by atoms with van der Waals surface area (Å²) >= 11 is 0. The van der Waals surface area contributed by atoms with Gasteiger partial charge in [-0.3, -0.25) is 9.59 Å². The largest absolute Gasteiger partial charge is 0.352 e. The van der Waals surface area contributed by atoms with E-state index in [1.807, 2.05) is 23.8 Å². The predicted molar refractivity (Wildman–Crippen MR) is 91.3 cm³/mol. The van der Waals surface area contributed by atoms with Gasteiger partial charge >= 0.3 is 0 Å². The summed E-state index contributed by atoms with van der Waals surface area (Å²) in [5.74, 6) is 0.389.